The number of methoxy groups -OCH3 is 1. The molecule has 1 saturated carbocycles. The Bertz CT molecular complexity index is 361. The Kier molecular flexibility index (Phi) is 2.65. The van der Waals surface area contributed by atoms with Crippen molar-refractivity contribution in [1.29, 1.82) is 0 Å². The molecule has 0 atom stereocenters. The molecule has 1 fully saturated rings. The van der Waals surface area contributed by atoms with Crippen LogP contribution in [0.1, 0.15) is 24.8 Å². The van der Waals surface area contributed by atoms with Gasteiger partial charge in [0.05, 0.1) is 7.11 Å². The Morgan fingerprint density at radius 3 is 2.73 bits per heavy atom. The number of rotatable bonds is 4. The molecule has 0 radical (unpaired) electrons. The van der Waals surface area contributed by atoms with Crippen molar-refractivity contribution in [3.8, 4) is 5.75 Å². The molecule has 2 N–H and O–H groups in total. The molecule has 1 aromatic carbocycles. The second-order valence-electron chi connectivity index (χ2n) is 4.16. The van der Waals surface area contributed by atoms with E-state index in [4.69, 9.17) is 10.5 Å². The summed E-state index contributed by atoms with van der Waals surface area (Å²) < 4.78 is 18.2. The molecule has 0 aliphatic heterocycles. The first kappa shape index (κ1) is 10.4. The summed E-state index contributed by atoms with van der Waals surface area (Å²) >= 11 is 0. The first-order chi connectivity index (χ1) is 7.22. The highest BCUT2D eigenvalue weighted by Gasteiger charge is 2.45. The maximum atomic E-state index is 13.0. The van der Waals surface area contributed by atoms with Crippen LogP contribution in [0, 0.1) is 5.82 Å². The third-order valence-corrected chi connectivity index (χ3v) is 3.21. The van der Waals surface area contributed by atoms with Gasteiger partial charge in [-0.05, 0) is 31.9 Å². The fraction of sp³-hybridized carbons (Fsp3) is 0.500. The zero-order chi connectivity index (χ0) is 10.9. The average Bonchev–Trinajstić information content (AvgIpc) is 2.99. The van der Waals surface area contributed by atoms with Crippen molar-refractivity contribution in [2.24, 2.45) is 5.73 Å². The van der Waals surface area contributed by atoms with Gasteiger partial charge in [-0.3, -0.25) is 0 Å². The number of benzene rings is 1. The summed E-state index contributed by atoms with van der Waals surface area (Å²) in [6, 6.07) is 4.77. The van der Waals surface area contributed by atoms with Crippen molar-refractivity contribution in [2.75, 3.05) is 13.7 Å². The van der Waals surface area contributed by atoms with E-state index in [1.54, 1.807) is 7.11 Å². The Labute approximate surface area is 89.2 Å². The lowest BCUT2D eigenvalue weighted by atomic mass is 9.91. The number of hydrogen-bond acceptors (Lipinski definition) is 2. The summed E-state index contributed by atoms with van der Waals surface area (Å²) in [4.78, 5) is 0. The molecule has 0 heterocycles. The van der Waals surface area contributed by atoms with Crippen LogP contribution in [-0.2, 0) is 5.41 Å². The van der Waals surface area contributed by atoms with E-state index in [1.165, 1.54) is 12.1 Å². The van der Waals surface area contributed by atoms with Crippen molar-refractivity contribution in [2.45, 2.75) is 24.7 Å². The van der Waals surface area contributed by atoms with E-state index in [9.17, 15) is 4.39 Å². The quantitative estimate of drug-likeness (QED) is 0.825. The van der Waals surface area contributed by atoms with Gasteiger partial charge in [-0.2, -0.15) is 0 Å². The first-order valence-electron chi connectivity index (χ1n) is 5.26. The van der Waals surface area contributed by atoms with Gasteiger partial charge >= 0.3 is 0 Å². The summed E-state index contributed by atoms with van der Waals surface area (Å²) in [6.45, 7) is 0.667. The zero-order valence-electron chi connectivity index (χ0n) is 8.92. The minimum absolute atomic E-state index is 0.161. The van der Waals surface area contributed by atoms with E-state index in [-0.39, 0.29) is 11.2 Å². The van der Waals surface area contributed by atoms with Gasteiger partial charge in [0.1, 0.15) is 11.6 Å². The molecule has 0 aromatic heterocycles. The second-order valence-corrected chi connectivity index (χ2v) is 4.16. The van der Waals surface area contributed by atoms with Gasteiger partial charge in [0.2, 0.25) is 0 Å². The van der Waals surface area contributed by atoms with Gasteiger partial charge in [0.15, 0.2) is 0 Å². The average molecular weight is 209 g/mol. The van der Waals surface area contributed by atoms with Gasteiger partial charge in [0, 0.05) is 17.0 Å². The third-order valence-electron chi connectivity index (χ3n) is 3.21. The lowest BCUT2D eigenvalue weighted by Gasteiger charge is -2.17. The molecule has 0 saturated heterocycles. The Balaban J connectivity index is 2.35. The summed E-state index contributed by atoms with van der Waals surface area (Å²) in [6.07, 6.45) is 3.22. The minimum atomic E-state index is -0.251. The molecule has 0 bridgehead atoms. The van der Waals surface area contributed by atoms with Crippen molar-refractivity contribution in [3.05, 3.63) is 29.6 Å². The summed E-state index contributed by atoms with van der Waals surface area (Å²) in [5.74, 6) is 0.403. The van der Waals surface area contributed by atoms with Crippen LogP contribution in [0.4, 0.5) is 4.39 Å². The topological polar surface area (TPSA) is 35.2 Å². The zero-order valence-corrected chi connectivity index (χ0v) is 8.92. The summed E-state index contributed by atoms with van der Waals surface area (Å²) in [5.41, 5.74) is 6.87. The molecule has 2 nitrogen and oxygen atoms in total. The van der Waals surface area contributed by atoms with E-state index < -0.39 is 0 Å². The highest BCUT2D eigenvalue weighted by molar-refractivity contribution is 5.43. The Morgan fingerprint density at radius 2 is 2.20 bits per heavy atom. The van der Waals surface area contributed by atoms with Crippen LogP contribution in [0.3, 0.4) is 0 Å². The fourth-order valence-electron chi connectivity index (χ4n) is 2.18. The molecular formula is C12H16FNO. The van der Waals surface area contributed by atoms with Crippen molar-refractivity contribution >= 4 is 0 Å². The van der Waals surface area contributed by atoms with Crippen LogP contribution in [0.15, 0.2) is 18.2 Å². The smallest absolute Gasteiger partial charge is 0.126 e. The standard InChI is InChI=1S/C12H16FNO/c1-15-11-8-9(13)2-3-10(11)12(4-5-12)6-7-14/h2-3,8H,4-7,14H2,1H3. The normalized spacial score (nSPS) is 17.5. The maximum absolute atomic E-state index is 13.0. The molecule has 3 heteroatoms. The van der Waals surface area contributed by atoms with E-state index in [0.29, 0.717) is 12.3 Å². The van der Waals surface area contributed by atoms with Gasteiger partial charge in [-0.15, -0.1) is 0 Å². The van der Waals surface area contributed by atoms with Crippen LogP contribution < -0.4 is 10.5 Å². The van der Waals surface area contributed by atoms with Crippen LogP contribution in [-0.4, -0.2) is 13.7 Å². The molecule has 15 heavy (non-hydrogen) atoms. The Morgan fingerprint density at radius 1 is 1.47 bits per heavy atom. The fourth-order valence-corrected chi connectivity index (χ4v) is 2.18. The Hall–Kier alpha value is -1.09. The highest BCUT2D eigenvalue weighted by atomic mass is 19.1. The number of nitrogens with two attached hydrogens (primary N) is 1. The second kappa shape index (κ2) is 3.81. The highest BCUT2D eigenvalue weighted by Crippen LogP contribution is 2.53. The lowest BCUT2D eigenvalue weighted by Crippen LogP contribution is -2.14. The number of hydrogen-bond donors (Lipinski definition) is 1. The molecule has 2 rings (SSSR count). The first-order valence-corrected chi connectivity index (χ1v) is 5.26. The van der Waals surface area contributed by atoms with Gasteiger partial charge in [0.25, 0.3) is 0 Å². The molecular weight excluding hydrogens is 193 g/mol. The van der Waals surface area contributed by atoms with Crippen LogP contribution >= 0.6 is 0 Å². The molecule has 1 aromatic rings. The lowest BCUT2D eigenvalue weighted by molar-refractivity contribution is 0.398. The van der Waals surface area contributed by atoms with E-state index in [1.807, 2.05) is 6.07 Å². The monoisotopic (exact) mass is 209 g/mol. The molecule has 0 unspecified atom stereocenters. The molecule has 1 aliphatic rings. The molecule has 0 amide bonds. The van der Waals surface area contributed by atoms with Crippen LogP contribution in [0.2, 0.25) is 0 Å². The van der Waals surface area contributed by atoms with Gasteiger partial charge in [-0.25, -0.2) is 4.39 Å². The summed E-state index contributed by atoms with van der Waals surface area (Å²) in [7, 11) is 1.58. The van der Waals surface area contributed by atoms with Crippen molar-refractivity contribution in [3.63, 3.8) is 0 Å². The summed E-state index contributed by atoms with van der Waals surface area (Å²) in [5, 5.41) is 0. The minimum Gasteiger partial charge on any atom is -0.496 e. The van der Waals surface area contributed by atoms with Gasteiger partial charge < -0.3 is 10.5 Å². The number of halogens is 1. The third kappa shape index (κ3) is 1.84. The molecule has 82 valence electrons. The molecule has 1 aliphatic carbocycles. The van der Waals surface area contributed by atoms with E-state index in [0.717, 1.165) is 24.8 Å². The van der Waals surface area contributed by atoms with Gasteiger partial charge in [-0.1, -0.05) is 6.07 Å². The van der Waals surface area contributed by atoms with Crippen molar-refractivity contribution in [1.82, 2.24) is 0 Å². The van der Waals surface area contributed by atoms with Crippen LogP contribution in [0.25, 0.3) is 0 Å². The predicted molar refractivity (Wildman–Crippen MR) is 57.5 cm³/mol. The number of ether oxygens (including phenoxy) is 1. The largest absolute Gasteiger partial charge is 0.496 e. The van der Waals surface area contributed by atoms with Crippen LogP contribution in [0.5, 0.6) is 5.75 Å². The predicted octanol–water partition coefficient (Wildman–Crippen LogP) is 2.21. The van der Waals surface area contributed by atoms with E-state index >= 15 is 0 Å². The maximum Gasteiger partial charge on any atom is 0.126 e. The van der Waals surface area contributed by atoms with Crippen molar-refractivity contribution < 1.29 is 9.13 Å². The van der Waals surface area contributed by atoms with E-state index in [2.05, 4.69) is 0 Å². The molecule has 0 spiro atoms. The SMILES string of the molecule is COc1cc(F)ccc1C1(CCN)CC1.